The molecule has 1 N–H and O–H groups in total. The Hall–Kier alpha value is -0.830. The van der Waals surface area contributed by atoms with Gasteiger partial charge in [-0.1, -0.05) is 45.7 Å². The molecule has 0 aliphatic heterocycles. The van der Waals surface area contributed by atoms with Gasteiger partial charge in [0.1, 0.15) is 0 Å². The molecule has 0 atom stereocenters. The van der Waals surface area contributed by atoms with E-state index in [1.165, 1.54) is 29.5 Å². The molecule has 1 nitrogen and oxygen atoms in total. The Kier molecular flexibility index (Phi) is 3.92. The van der Waals surface area contributed by atoms with Crippen molar-refractivity contribution in [3.05, 3.63) is 57.5 Å². The van der Waals surface area contributed by atoms with Gasteiger partial charge < -0.3 is 5.32 Å². The van der Waals surface area contributed by atoms with Crippen LogP contribution < -0.4 is 5.32 Å². The molecule has 0 saturated heterocycles. The van der Waals surface area contributed by atoms with Crippen LogP contribution in [0.2, 0.25) is 5.02 Å². The average Bonchev–Trinajstić information content (AvgIpc) is 3.23. The summed E-state index contributed by atoms with van der Waals surface area (Å²) in [7, 11) is 0. The van der Waals surface area contributed by atoms with Gasteiger partial charge in [0, 0.05) is 22.1 Å². The molecule has 0 unspecified atom stereocenters. The Labute approximate surface area is 127 Å². The van der Waals surface area contributed by atoms with E-state index in [1.54, 1.807) is 0 Å². The summed E-state index contributed by atoms with van der Waals surface area (Å²) in [6.07, 6.45) is 2.59. The topological polar surface area (TPSA) is 12.0 Å². The van der Waals surface area contributed by atoms with Crippen LogP contribution >= 0.6 is 27.5 Å². The predicted octanol–water partition coefficient (Wildman–Crippen LogP) is 5.02. The highest BCUT2D eigenvalue weighted by Gasteiger charge is 2.20. The predicted molar refractivity (Wildman–Crippen MR) is 84.4 cm³/mol. The quantitative estimate of drug-likeness (QED) is 0.826. The fraction of sp³-hybridized carbons (Fsp3) is 0.250. The number of halogens is 2. The van der Waals surface area contributed by atoms with Crippen LogP contribution in [-0.2, 0) is 6.54 Å². The first-order valence-corrected chi connectivity index (χ1v) is 7.67. The van der Waals surface area contributed by atoms with Crippen molar-refractivity contribution in [2.75, 3.05) is 0 Å². The monoisotopic (exact) mass is 335 g/mol. The minimum atomic E-state index is 0.701. The number of nitrogens with one attached hydrogen (secondary N) is 1. The number of hydrogen-bond acceptors (Lipinski definition) is 1. The van der Waals surface area contributed by atoms with E-state index in [1.807, 2.05) is 6.07 Å². The van der Waals surface area contributed by atoms with Gasteiger partial charge >= 0.3 is 0 Å². The SMILES string of the molecule is Clc1ccc(-c2ccc(Br)cc2)cc1CNC1CC1. The molecule has 1 aliphatic carbocycles. The van der Waals surface area contributed by atoms with Crippen molar-refractivity contribution in [3.63, 3.8) is 0 Å². The summed E-state index contributed by atoms with van der Waals surface area (Å²) in [4.78, 5) is 0. The number of benzene rings is 2. The lowest BCUT2D eigenvalue weighted by molar-refractivity contribution is 0.688. The zero-order valence-corrected chi connectivity index (χ0v) is 12.8. The zero-order chi connectivity index (χ0) is 13.2. The van der Waals surface area contributed by atoms with Crippen LogP contribution in [0.25, 0.3) is 11.1 Å². The van der Waals surface area contributed by atoms with E-state index in [4.69, 9.17) is 11.6 Å². The lowest BCUT2D eigenvalue weighted by Gasteiger charge is -2.09. The molecule has 0 heterocycles. The van der Waals surface area contributed by atoms with Gasteiger partial charge in [-0.05, 0) is 53.8 Å². The second-order valence-corrected chi connectivity index (χ2v) is 6.29. The summed E-state index contributed by atoms with van der Waals surface area (Å²) in [5, 5.41) is 4.35. The van der Waals surface area contributed by atoms with Crippen LogP contribution in [0.5, 0.6) is 0 Å². The summed E-state index contributed by atoms with van der Waals surface area (Å²) >= 11 is 9.73. The summed E-state index contributed by atoms with van der Waals surface area (Å²) < 4.78 is 1.10. The zero-order valence-electron chi connectivity index (χ0n) is 10.5. The first-order valence-electron chi connectivity index (χ1n) is 6.50. The van der Waals surface area contributed by atoms with E-state index < -0.39 is 0 Å². The van der Waals surface area contributed by atoms with Gasteiger partial charge in [-0.2, -0.15) is 0 Å². The Balaban J connectivity index is 1.84. The molecule has 3 rings (SSSR count). The molecule has 0 radical (unpaired) electrons. The van der Waals surface area contributed by atoms with Crippen LogP contribution in [0.15, 0.2) is 46.9 Å². The highest BCUT2D eigenvalue weighted by atomic mass is 79.9. The van der Waals surface area contributed by atoms with E-state index in [9.17, 15) is 0 Å². The lowest BCUT2D eigenvalue weighted by atomic mass is 10.0. The second-order valence-electron chi connectivity index (χ2n) is 4.97. The summed E-state index contributed by atoms with van der Waals surface area (Å²) in [6.45, 7) is 0.855. The maximum absolute atomic E-state index is 6.27. The molecular formula is C16H15BrClN. The van der Waals surface area contributed by atoms with Crippen molar-refractivity contribution in [1.29, 1.82) is 0 Å². The maximum atomic E-state index is 6.27. The van der Waals surface area contributed by atoms with Crippen LogP contribution in [0.4, 0.5) is 0 Å². The summed E-state index contributed by atoms with van der Waals surface area (Å²) in [5.74, 6) is 0. The largest absolute Gasteiger partial charge is 0.310 e. The molecule has 2 aromatic rings. The molecule has 0 amide bonds. The average molecular weight is 337 g/mol. The Bertz CT molecular complexity index is 576. The Morgan fingerprint density at radius 1 is 1.05 bits per heavy atom. The smallest absolute Gasteiger partial charge is 0.0451 e. The standard InChI is InChI=1S/C16H15BrClN/c17-14-4-1-11(2-5-14)12-3-8-16(18)13(9-12)10-19-15-6-7-15/h1-5,8-9,15,19H,6-7,10H2. The highest BCUT2D eigenvalue weighted by molar-refractivity contribution is 9.10. The second kappa shape index (κ2) is 5.66. The van der Waals surface area contributed by atoms with Gasteiger partial charge in [0.15, 0.2) is 0 Å². The minimum absolute atomic E-state index is 0.701. The summed E-state index contributed by atoms with van der Waals surface area (Å²) in [6, 6.07) is 15.3. The molecule has 0 bridgehead atoms. The van der Waals surface area contributed by atoms with Crippen molar-refractivity contribution in [1.82, 2.24) is 5.32 Å². The molecule has 19 heavy (non-hydrogen) atoms. The van der Waals surface area contributed by atoms with E-state index >= 15 is 0 Å². The molecule has 1 saturated carbocycles. The molecular weight excluding hydrogens is 322 g/mol. The van der Waals surface area contributed by atoms with Crippen molar-refractivity contribution in [2.45, 2.75) is 25.4 Å². The van der Waals surface area contributed by atoms with Crippen LogP contribution in [0, 0.1) is 0 Å². The van der Waals surface area contributed by atoms with Gasteiger partial charge in [-0.15, -0.1) is 0 Å². The van der Waals surface area contributed by atoms with Crippen molar-refractivity contribution in [3.8, 4) is 11.1 Å². The van der Waals surface area contributed by atoms with Gasteiger partial charge in [0.05, 0.1) is 0 Å². The van der Waals surface area contributed by atoms with Gasteiger partial charge in [0.25, 0.3) is 0 Å². The van der Waals surface area contributed by atoms with E-state index in [0.717, 1.165) is 16.0 Å². The van der Waals surface area contributed by atoms with Crippen LogP contribution in [0.3, 0.4) is 0 Å². The molecule has 3 heteroatoms. The molecule has 98 valence electrons. The third-order valence-electron chi connectivity index (χ3n) is 3.38. The number of hydrogen-bond donors (Lipinski definition) is 1. The maximum Gasteiger partial charge on any atom is 0.0451 e. The molecule has 0 aromatic heterocycles. The molecule has 1 aliphatic rings. The first-order chi connectivity index (χ1) is 9.22. The first kappa shape index (κ1) is 13.2. The third kappa shape index (κ3) is 3.38. The van der Waals surface area contributed by atoms with Crippen LogP contribution in [-0.4, -0.2) is 6.04 Å². The molecule has 2 aromatic carbocycles. The van der Waals surface area contributed by atoms with E-state index in [0.29, 0.717) is 6.04 Å². The van der Waals surface area contributed by atoms with Crippen molar-refractivity contribution in [2.24, 2.45) is 0 Å². The summed E-state index contributed by atoms with van der Waals surface area (Å²) in [5.41, 5.74) is 3.60. The Morgan fingerprint density at radius 3 is 2.42 bits per heavy atom. The molecule has 1 fully saturated rings. The fourth-order valence-corrected chi connectivity index (χ4v) is 2.52. The van der Waals surface area contributed by atoms with Gasteiger partial charge in [-0.3, -0.25) is 0 Å². The Morgan fingerprint density at radius 2 is 1.74 bits per heavy atom. The minimum Gasteiger partial charge on any atom is -0.310 e. The van der Waals surface area contributed by atoms with Crippen LogP contribution in [0.1, 0.15) is 18.4 Å². The van der Waals surface area contributed by atoms with Gasteiger partial charge in [0.2, 0.25) is 0 Å². The molecule has 0 spiro atoms. The van der Waals surface area contributed by atoms with Crippen molar-refractivity contribution < 1.29 is 0 Å². The third-order valence-corrected chi connectivity index (χ3v) is 4.28. The highest BCUT2D eigenvalue weighted by Crippen LogP contribution is 2.27. The normalized spacial score (nSPS) is 14.6. The van der Waals surface area contributed by atoms with E-state index in [-0.39, 0.29) is 0 Å². The van der Waals surface area contributed by atoms with Gasteiger partial charge in [-0.25, -0.2) is 0 Å². The lowest BCUT2D eigenvalue weighted by Crippen LogP contribution is -2.15. The fourth-order valence-electron chi connectivity index (χ4n) is 2.07. The van der Waals surface area contributed by atoms with Crippen molar-refractivity contribution >= 4 is 27.5 Å². The van der Waals surface area contributed by atoms with E-state index in [2.05, 4.69) is 57.6 Å². The number of rotatable bonds is 4.